The monoisotopic (exact) mass is 560 g/mol. The van der Waals surface area contributed by atoms with E-state index in [0.29, 0.717) is 40.0 Å². The molecule has 3 aromatic carbocycles. The van der Waals surface area contributed by atoms with Gasteiger partial charge in [0.25, 0.3) is 0 Å². The predicted molar refractivity (Wildman–Crippen MR) is 151 cm³/mol. The number of hydrogen-bond acceptors (Lipinski definition) is 5. The molecule has 0 saturated carbocycles. The van der Waals surface area contributed by atoms with Gasteiger partial charge in [-0.3, -0.25) is 9.59 Å². The summed E-state index contributed by atoms with van der Waals surface area (Å²) in [4.78, 5) is 24.7. The fourth-order valence-electron chi connectivity index (χ4n) is 3.94. The second kappa shape index (κ2) is 13.1. The Kier molecular flexibility index (Phi) is 9.37. The Morgan fingerprint density at radius 1 is 1.03 bits per heavy atom. The van der Waals surface area contributed by atoms with E-state index in [4.69, 9.17) is 38.3 Å². The van der Waals surface area contributed by atoms with Crippen molar-refractivity contribution < 1.29 is 14.3 Å². The molecular weight excluding hydrogens is 535 g/mol. The Balaban J connectivity index is 1.38. The lowest BCUT2D eigenvalue weighted by Crippen LogP contribution is -2.41. The zero-order chi connectivity index (χ0) is 27.8. The summed E-state index contributed by atoms with van der Waals surface area (Å²) >= 11 is 12.3. The van der Waals surface area contributed by atoms with Crippen molar-refractivity contribution in [2.45, 2.75) is 32.2 Å². The molecule has 0 radical (unpaired) electrons. The van der Waals surface area contributed by atoms with E-state index in [9.17, 15) is 9.59 Å². The first-order chi connectivity index (χ1) is 18.8. The minimum atomic E-state index is -0.643. The molecule has 0 bridgehead atoms. The number of benzene rings is 3. The molecule has 0 fully saturated rings. The fraction of sp³-hybridized carbons (Fsp3) is 0.200. The Labute approximate surface area is 236 Å². The Hall–Kier alpha value is -4.12. The van der Waals surface area contributed by atoms with Gasteiger partial charge in [0.1, 0.15) is 0 Å². The summed E-state index contributed by atoms with van der Waals surface area (Å²) in [6.07, 6.45) is 0.971. The topological polar surface area (TPSA) is 97.0 Å². The molecule has 1 aromatic heterocycles. The summed E-state index contributed by atoms with van der Waals surface area (Å²) < 4.78 is 7.68. The molecule has 39 heavy (non-hydrogen) atoms. The van der Waals surface area contributed by atoms with E-state index in [1.165, 1.54) is 6.92 Å². The molecule has 0 unspecified atom stereocenters. The van der Waals surface area contributed by atoms with Crippen LogP contribution in [0.2, 0.25) is 10.0 Å². The molecule has 0 spiro atoms. The van der Waals surface area contributed by atoms with Crippen molar-refractivity contribution in [3.05, 3.63) is 100 Å². The second-order valence-corrected chi connectivity index (χ2v) is 9.75. The lowest BCUT2D eigenvalue weighted by Gasteiger charge is -2.16. The summed E-state index contributed by atoms with van der Waals surface area (Å²) in [5.74, 6) is 0.119. The minimum absolute atomic E-state index is 0.136. The summed E-state index contributed by atoms with van der Waals surface area (Å²) in [6.45, 7) is 1.71. The van der Waals surface area contributed by atoms with E-state index in [2.05, 4.69) is 11.4 Å². The molecule has 198 valence electrons. The van der Waals surface area contributed by atoms with Crippen molar-refractivity contribution in [1.29, 1.82) is 5.26 Å². The van der Waals surface area contributed by atoms with Crippen LogP contribution in [0, 0.1) is 11.3 Å². The second-order valence-electron chi connectivity index (χ2n) is 8.94. The normalized spacial score (nSPS) is 11.4. The van der Waals surface area contributed by atoms with Crippen LogP contribution in [0.5, 0.6) is 5.88 Å². The van der Waals surface area contributed by atoms with Crippen LogP contribution in [0.4, 0.5) is 0 Å². The van der Waals surface area contributed by atoms with Gasteiger partial charge in [-0.2, -0.15) is 10.4 Å². The Bertz CT molecular complexity index is 1500. The number of carbonyl (C=O) groups excluding carboxylic acids is 2. The number of ether oxygens (including phenoxy) is 1. The molecule has 1 N–H and O–H groups in total. The average Bonchev–Trinajstić information content (AvgIpc) is 3.37. The third-order valence-corrected chi connectivity index (χ3v) is 6.78. The number of amides is 1. The maximum Gasteiger partial charge on any atom is 0.220 e. The van der Waals surface area contributed by atoms with Crippen LogP contribution in [-0.2, 0) is 16.0 Å². The van der Waals surface area contributed by atoms with Crippen LogP contribution < -0.4 is 10.1 Å². The molecule has 0 aliphatic rings. The van der Waals surface area contributed by atoms with E-state index in [1.54, 1.807) is 47.1 Å². The molecule has 4 rings (SSSR count). The molecule has 1 heterocycles. The number of rotatable bonds is 11. The number of nitrogens with zero attached hydrogens (tertiary/aromatic N) is 3. The number of carbonyl (C=O) groups is 2. The van der Waals surface area contributed by atoms with Crippen molar-refractivity contribution in [2.75, 3.05) is 6.61 Å². The first-order valence-electron chi connectivity index (χ1n) is 12.4. The van der Waals surface area contributed by atoms with E-state index < -0.39 is 6.04 Å². The van der Waals surface area contributed by atoms with Crippen molar-refractivity contribution in [3.63, 3.8) is 0 Å². The zero-order valence-electron chi connectivity index (χ0n) is 21.2. The number of nitrogens with one attached hydrogen (secondary N) is 1. The van der Waals surface area contributed by atoms with Crippen molar-refractivity contribution in [3.8, 4) is 28.9 Å². The average molecular weight is 561 g/mol. The maximum atomic E-state index is 12.6. The van der Waals surface area contributed by atoms with Crippen LogP contribution in [-0.4, -0.2) is 34.1 Å². The lowest BCUT2D eigenvalue weighted by atomic mass is 10.0. The van der Waals surface area contributed by atoms with E-state index in [0.717, 1.165) is 16.8 Å². The number of Topliss-reactive ketones (excluding diaryl/α,β-unsaturated/α-hetero) is 1. The summed E-state index contributed by atoms with van der Waals surface area (Å²) in [7, 11) is 0. The molecule has 1 atom stereocenters. The third kappa shape index (κ3) is 7.47. The summed E-state index contributed by atoms with van der Waals surface area (Å²) in [5, 5.41) is 17.3. The molecule has 0 aliphatic carbocycles. The standard InChI is InChI=1S/C30H26Cl2N4O3/c1-20(37)27(16-21-9-11-22(19-33)12-10-21)34-29(38)8-5-15-39-30-18-28(23-6-3-2-4-7-23)35-36(30)24-13-14-25(31)26(32)17-24/h2-4,6-7,9-14,17-18,27H,5,8,15-16H2,1H3,(H,34,38)/t27-/m0/s1. The smallest absolute Gasteiger partial charge is 0.220 e. The third-order valence-electron chi connectivity index (χ3n) is 6.04. The zero-order valence-corrected chi connectivity index (χ0v) is 22.7. The Morgan fingerprint density at radius 3 is 2.44 bits per heavy atom. The van der Waals surface area contributed by atoms with Gasteiger partial charge in [0, 0.05) is 18.1 Å². The van der Waals surface area contributed by atoms with Gasteiger partial charge in [-0.25, -0.2) is 4.68 Å². The molecule has 1 amide bonds. The van der Waals surface area contributed by atoms with Gasteiger partial charge in [-0.1, -0.05) is 65.7 Å². The van der Waals surface area contributed by atoms with E-state index in [1.807, 2.05) is 36.4 Å². The Morgan fingerprint density at radius 2 is 1.77 bits per heavy atom. The highest BCUT2D eigenvalue weighted by atomic mass is 35.5. The van der Waals surface area contributed by atoms with Crippen LogP contribution >= 0.6 is 23.2 Å². The molecule has 0 aliphatic heterocycles. The quantitative estimate of drug-likeness (QED) is 0.220. The van der Waals surface area contributed by atoms with E-state index in [-0.39, 0.29) is 24.7 Å². The van der Waals surface area contributed by atoms with Gasteiger partial charge in [0.05, 0.1) is 45.7 Å². The maximum absolute atomic E-state index is 12.6. The van der Waals surface area contributed by atoms with Crippen LogP contribution in [0.3, 0.4) is 0 Å². The fourth-order valence-corrected chi connectivity index (χ4v) is 4.23. The summed E-state index contributed by atoms with van der Waals surface area (Å²) in [5.41, 5.74) is 3.74. The number of aromatic nitrogens is 2. The highest BCUT2D eigenvalue weighted by Gasteiger charge is 2.18. The highest BCUT2D eigenvalue weighted by molar-refractivity contribution is 6.42. The largest absolute Gasteiger partial charge is 0.478 e. The van der Waals surface area contributed by atoms with Crippen LogP contribution in [0.15, 0.2) is 78.9 Å². The van der Waals surface area contributed by atoms with Crippen LogP contribution in [0.1, 0.15) is 30.9 Å². The minimum Gasteiger partial charge on any atom is -0.478 e. The van der Waals surface area contributed by atoms with Crippen molar-refractivity contribution in [2.24, 2.45) is 0 Å². The van der Waals surface area contributed by atoms with E-state index >= 15 is 0 Å². The molecular formula is C30H26Cl2N4O3. The summed E-state index contributed by atoms with van der Waals surface area (Å²) in [6, 6.07) is 25.1. The highest BCUT2D eigenvalue weighted by Crippen LogP contribution is 2.30. The first-order valence-corrected chi connectivity index (χ1v) is 13.1. The van der Waals surface area contributed by atoms with Gasteiger partial charge >= 0.3 is 0 Å². The van der Waals surface area contributed by atoms with Gasteiger partial charge in [-0.05, 0) is 55.7 Å². The number of ketones is 1. The van der Waals surface area contributed by atoms with Gasteiger partial charge < -0.3 is 10.1 Å². The van der Waals surface area contributed by atoms with Gasteiger partial charge in [-0.15, -0.1) is 0 Å². The van der Waals surface area contributed by atoms with Gasteiger partial charge in [0.2, 0.25) is 11.8 Å². The predicted octanol–water partition coefficient (Wildman–Crippen LogP) is 6.19. The SMILES string of the molecule is CC(=O)[C@H](Cc1ccc(C#N)cc1)NC(=O)CCCOc1cc(-c2ccccc2)nn1-c1ccc(Cl)c(Cl)c1. The molecule has 4 aromatic rings. The van der Waals surface area contributed by atoms with Crippen molar-refractivity contribution >= 4 is 34.9 Å². The van der Waals surface area contributed by atoms with Gasteiger partial charge in [0.15, 0.2) is 5.78 Å². The van der Waals surface area contributed by atoms with Crippen molar-refractivity contribution in [1.82, 2.24) is 15.1 Å². The number of hydrogen-bond donors (Lipinski definition) is 1. The molecule has 9 heteroatoms. The lowest BCUT2D eigenvalue weighted by molar-refractivity contribution is -0.127. The number of halogens is 2. The van der Waals surface area contributed by atoms with Crippen LogP contribution in [0.25, 0.3) is 16.9 Å². The molecule has 7 nitrogen and oxygen atoms in total. The molecule has 0 saturated heterocycles. The first kappa shape index (κ1) is 27.9. The number of nitriles is 1.